The maximum absolute atomic E-state index is 12.9. The van der Waals surface area contributed by atoms with E-state index in [-0.39, 0.29) is 17.4 Å². The smallest absolute Gasteiger partial charge is 0.294 e. The molecule has 0 spiro atoms. The van der Waals surface area contributed by atoms with E-state index >= 15 is 0 Å². The Morgan fingerprint density at radius 2 is 1.94 bits per heavy atom. The molecular formula is C22H18Br2N2O4S. The van der Waals surface area contributed by atoms with E-state index in [1.807, 2.05) is 24.3 Å². The van der Waals surface area contributed by atoms with Crippen LogP contribution in [-0.4, -0.2) is 47.1 Å². The molecule has 0 unspecified atom stereocenters. The van der Waals surface area contributed by atoms with Crippen LogP contribution in [-0.2, 0) is 22.6 Å². The van der Waals surface area contributed by atoms with E-state index in [0.29, 0.717) is 24.4 Å². The topological polar surface area (TPSA) is 66.9 Å². The molecule has 0 N–H and O–H groups in total. The highest BCUT2D eigenvalue weighted by atomic mass is 79.9. The molecule has 2 aromatic rings. The third-order valence-electron chi connectivity index (χ3n) is 5.18. The number of rotatable bonds is 4. The van der Waals surface area contributed by atoms with E-state index in [2.05, 4.69) is 37.9 Å². The standard InChI is InChI=1S/C22H18Br2N2O4S/c1-30-20-15(8-16(23)10-17(20)24)9-18-21(28)26(22(29)31-18)12-19(27)25-7-6-13-4-2-3-5-14(13)11-25/h2-5,8-10H,6-7,11-12H2,1H3/b18-9+. The number of amides is 3. The highest BCUT2D eigenvalue weighted by Crippen LogP contribution is 2.38. The number of hydrogen-bond acceptors (Lipinski definition) is 5. The molecule has 9 heteroatoms. The van der Waals surface area contributed by atoms with E-state index in [0.717, 1.165) is 37.6 Å². The number of hydrogen-bond donors (Lipinski definition) is 0. The molecule has 0 saturated carbocycles. The number of carbonyl (C=O) groups excluding carboxylic acids is 3. The van der Waals surface area contributed by atoms with Crippen LogP contribution in [0.4, 0.5) is 4.79 Å². The summed E-state index contributed by atoms with van der Waals surface area (Å²) in [6.45, 7) is 0.805. The highest BCUT2D eigenvalue weighted by Gasteiger charge is 2.37. The first-order chi connectivity index (χ1) is 14.9. The lowest BCUT2D eigenvalue weighted by Crippen LogP contribution is -2.44. The van der Waals surface area contributed by atoms with Crippen molar-refractivity contribution in [1.82, 2.24) is 9.80 Å². The molecule has 2 aromatic carbocycles. The first-order valence-corrected chi connectivity index (χ1v) is 11.9. The number of imide groups is 1. The average Bonchev–Trinajstić information content (AvgIpc) is 3.00. The van der Waals surface area contributed by atoms with Crippen molar-refractivity contribution in [3.8, 4) is 5.75 Å². The predicted octanol–water partition coefficient (Wildman–Crippen LogP) is 4.84. The minimum absolute atomic E-state index is 0.235. The van der Waals surface area contributed by atoms with Gasteiger partial charge in [0.1, 0.15) is 12.3 Å². The van der Waals surface area contributed by atoms with Crippen LogP contribution in [0.2, 0.25) is 0 Å². The second-order valence-electron chi connectivity index (χ2n) is 7.11. The second kappa shape index (κ2) is 9.18. The van der Waals surface area contributed by atoms with Crippen molar-refractivity contribution < 1.29 is 19.1 Å². The number of halogens is 2. The molecule has 0 aromatic heterocycles. The second-order valence-corrected chi connectivity index (χ2v) is 9.88. The van der Waals surface area contributed by atoms with Crippen molar-refractivity contribution in [2.45, 2.75) is 13.0 Å². The van der Waals surface area contributed by atoms with Crippen molar-refractivity contribution in [3.63, 3.8) is 0 Å². The predicted molar refractivity (Wildman–Crippen MR) is 127 cm³/mol. The highest BCUT2D eigenvalue weighted by molar-refractivity contribution is 9.11. The fourth-order valence-electron chi connectivity index (χ4n) is 3.62. The summed E-state index contributed by atoms with van der Waals surface area (Å²) in [4.78, 5) is 41.2. The van der Waals surface area contributed by atoms with Crippen LogP contribution in [0.3, 0.4) is 0 Å². The lowest BCUT2D eigenvalue weighted by molar-refractivity contribution is -0.136. The molecule has 0 aliphatic carbocycles. The molecule has 1 saturated heterocycles. The van der Waals surface area contributed by atoms with Gasteiger partial charge in [0, 0.05) is 23.1 Å². The Kier molecular flexibility index (Phi) is 6.55. The summed E-state index contributed by atoms with van der Waals surface area (Å²) < 4.78 is 6.93. The van der Waals surface area contributed by atoms with Crippen LogP contribution in [0, 0.1) is 0 Å². The Hall–Kier alpha value is -2.10. The number of fused-ring (bicyclic) bond motifs is 1. The molecule has 0 radical (unpaired) electrons. The van der Waals surface area contributed by atoms with Gasteiger partial charge in [-0.05, 0) is 63.4 Å². The number of benzene rings is 2. The first-order valence-electron chi connectivity index (χ1n) is 9.50. The molecule has 1 fully saturated rings. The molecule has 2 heterocycles. The molecule has 31 heavy (non-hydrogen) atoms. The van der Waals surface area contributed by atoms with Gasteiger partial charge < -0.3 is 9.64 Å². The van der Waals surface area contributed by atoms with Gasteiger partial charge in [0.15, 0.2) is 0 Å². The van der Waals surface area contributed by atoms with Crippen LogP contribution in [0.15, 0.2) is 50.2 Å². The fraction of sp³-hybridized carbons (Fsp3) is 0.227. The average molecular weight is 566 g/mol. The van der Waals surface area contributed by atoms with Crippen molar-refractivity contribution in [1.29, 1.82) is 0 Å². The number of nitrogens with zero attached hydrogens (tertiary/aromatic N) is 2. The SMILES string of the molecule is COc1c(Br)cc(Br)cc1/C=C1/SC(=O)N(CC(=O)N2CCc3ccccc3C2)C1=O. The van der Waals surface area contributed by atoms with Crippen LogP contribution >= 0.6 is 43.6 Å². The normalized spacial score (nSPS) is 17.3. The van der Waals surface area contributed by atoms with E-state index in [9.17, 15) is 14.4 Å². The molecule has 2 aliphatic heterocycles. The quantitative estimate of drug-likeness (QED) is 0.496. The summed E-state index contributed by atoms with van der Waals surface area (Å²) in [5.41, 5.74) is 2.98. The molecule has 6 nitrogen and oxygen atoms in total. The van der Waals surface area contributed by atoms with E-state index in [1.54, 1.807) is 17.0 Å². The lowest BCUT2D eigenvalue weighted by Gasteiger charge is -2.29. The molecule has 2 aliphatic rings. The van der Waals surface area contributed by atoms with Gasteiger partial charge in [-0.3, -0.25) is 19.3 Å². The van der Waals surface area contributed by atoms with Gasteiger partial charge in [0.25, 0.3) is 11.1 Å². The molecule has 4 rings (SSSR count). The van der Waals surface area contributed by atoms with Gasteiger partial charge in [0.05, 0.1) is 16.5 Å². The van der Waals surface area contributed by atoms with Crippen LogP contribution in [0.1, 0.15) is 16.7 Å². The van der Waals surface area contributed by atoms with Gasteiger partial charge in [-0.1, -0.05) is 40.2 Å². The van der Waals surface area contributed by atoms with Crippen molar-refractivity contribution in [2.24, 2.45) is 0 Å². The fourth-order valence-corrected chi connectivity index (χ4v) is 5.87. The summed E-state index contributed by atoms with van der Waals surface area (Å²) in [5.74, 6) is -0.155. The molecular weight excluding hydrogens is 548 g/mol. The van der Waals surface area contributed by atoms with Gasteiger partial charge in [-0.15, -0.1) is 0 Å². The van der Waals surface area contributed by atoms with Crippen LogP contribution < -0.4 is 4.74 Å². The Labute approximate surface area is 200 Å². The number of carbonyl (C=O) groups is 3. The molecule has 3 amide bonds. The van der Waals surface area contributed by atoms with Crippen molar-refractivity contribution >= 4 is 66.8 Å². The Morgan fingerprint density at radius 3 is 2.68 bits per heavy atom. The molecule has 0 atom stereocenters. The summed E-state index contributed by atoms with van der Waals surface area (Å²) in [7, 11) is 1.53. The zero-order valence-electron chi connectivity index (χ0n) is 16.6. The molecule has 160 valence electrons. The van der Waals surface area contributed by atoms with Gasteiger partial charge >= 0.3 is 0 Å². The minimum Gasteiger partial charge on any atom is -0.495 e. The van der Waals surface area contributed by atoms with Crippen molar-refractivity contribution in [3.05, 3.63) is 66.9 Å². The third kappa shape index (κ3) is 4.58. The number of ether oxygens (including phenoxy) is 1. The largest absolute Gasteiger partial charge is 0.495 e. The maximum Gasteiger partial charge on any atom is 0.294 e. The van der Waals surface area contributed by atoms with Gasteiger partial charge in [-0.2, -0.15) is 0 Å². The monoisotopic (exact) mass is 564 g/mol. The lowest BCUT2D eigenvalue weighted by atomic mass is 10.00. The van der Waals surface area contributed by atoms with Crippen LogP contribution in [0.25, 0.3) is 6.08 Å². The zero-order chi connectivity index (χ0) is 22.1. The summed E-state index contributed by atoms with van der Waals surface area (Å²) in [6.07, 6.45) is 2.38. The summed E-state index contributed by atoms with van der Waals surface area (Å²) in [5, 5.41) is -0.449. The van der Waals surface area contributed by atoms with Crippen LogP contribution in [0.5, 0.6) is 5.75 Å². The van der Waals surface area contributed by atoms with E-state index in [1.165, 1.54) is 12.7 Å². The summed E-state index contributed by atoms with van der Waals surface area (Å²) in [6, 6.07) is 11.6. The Bertz CT molecular complexity index is 1120. The minimum atomic E-state index is -0.473. The number of methoxy groups -OCH3 is 1. The van der Waals surface area contributed by atoms with Gasteiger partial charge in [-0.25, -0.2) is 0 Å². The van der Waals surface area contributed by atoms with Gasteiger partial charge in [0.2, 0.25) is 5.91 Å². The Morgan fingerprint density at radius 1 is 1.19 bits per heavy atom. The van der Waals surface area contributed by atoms with Crippen molar-refractivity contribution in [2.75, 3.05) is 20.2 Å². The summed E-state index contributed by atoms with van der Waals surface area (Å²) >= 11 is 7.68. The van der Waals surface area contributed by atoms with E-state index in [4.69, 9.17) is 4.74 Å². The molecule has 0 bridgehead atoms. The number of thioether (sulfide) groups is 1. The third-order valence-corrected chi connectivity index (χ3v) is 7.13. The van der Waals surface area contributed by atoms with E-state index < -0.39 is 11.1 Å². The Balaban J connectivity index is 1.51. The first kappa shape index (κ1) is 22.1. The maximum atomic E-state index is 12.9. The zero-order valence-corrected chi connectivity index (χ0v) is 20.5.